The van der Waals surface area contributed by atoms with Gasteiger partial charge in [0.05, 0.1) is 29.1 Å². The zero-order valence-electron chi connectivity index (χ0n) is 20.6. The molecule has 1 aromatic carbocycles. The van der Waals surface area contributed by atoms with E-state index in [1.807, 2.05) is 67.5 Å². The van der Waals surface area contributed by atoms with Gasteiger partial charge in [-0.2, -0.15) is 10.2 Å². The molecule has 1 atom stereocenters. The second-order valence-electron chi connectivity index (χ2n) is 9.27. The molecule has 0 N–H and O–H groups in total. The summed E-state index contributed by atoms with van der Waals surface area (Å²) in [5, 5.41) is 10.2. The standard InChI is InChI=1S/C27H26ClN7O2/c1-18(19-3-6-23-20(13-19)5-8-26(28)31-23)37-27(36)34-11-9-33(10-12-34)25-15-30-35-17-21(4-7-24(25)35)22-14-29-32(2)16-22/h3-8,13-18H,9-12H2,1-2H3. The van der Waals surface area contributed by atoms with Gasteiger partial charge in [-0.25, -0.2) is 14.3 Å². The molecule has 0 aliphatic carbocycles. The minimum atomic E-state index is -0.376. The summed E-state index contributed by atoms with van der Waals surface area (Å²) in [6.45, 7) is 4.46. The average Bonchev–Trinajstić information content (AvgIpc) is 3.54. The molecule has 0 bridgehead atoms. The van der Waals surface area contributed by atoms with Crippen LogP contribution in [0.5, 0.6) is 0 Å². The third-order valence-corrected chi connectivity index (χ3v) is 7.05. The molecule has 10 heteroatoms. The van der Waals surface area contributed by atoms with Gasteiger partial charge in [0, 0.05) is 62.1 Å². The van der Waals surface area contributed by atoms with Crippen molar-refractivity contribution in [2.24, 2.45) is 7.05 Å². The predicted molar refractivity (Wildman–Crippen MR) is 143 cm³/mol. The van der Waals surface area contributed by atoms with Crippen molar-refractivity contribution in [3.8, 4) is 11.1 Å². The minimum Gasteiger partial charge on any atom is -0.442 e. The predicted octanol–water partition coefficient (Wildman–Crippen LogP) is 4.96. The largest absolute Gasteiger partial charge is 0.442 e. The highest BCUT2D eigenvalue weighted by Crippen LogP contribution is 2.27. The topological polar surface area (TPSA) is 80.8 Å². The molecule has 0 radical (unpaired) electrons. The van der Waals surface area contributed by atoms with E-state index in [0.717, 1.165) is 38.8 Å². The number of aryl methyl sites for hydroxylation is 1. The first-order valence-electron chi connectivity index (χ1n) is 12.2. The highest BCUT2D eigenvalue weighted by atomic mass is 35.5. The van der Waals surface area contributed by atoms with Crippen LogP contribution in [0.4, 0.5) is 10.5 Å². The smallest absolute Gasteiger partial charge is 0.410 e. The number of ether oxygens (including phenoxy) is 1. The number of amides is 1. The number of nitrogens with zero attached hydrogens (tertiary/aromatic N) is 7. The second-order valence-corrected chi connectivity index (χ2v) is 9.65. The Morgan fingerprint density at radius 3 is 2.59 bits per heavy atom. The second kappa shape index (κ2) is 9.40. The lowest BCUT2D eigenvalue weighted by Gasteiger charge is -2.35. The van der Waals surface area contributed by atoms with Gasteiger partial charge in [0.2, 0.25) is 0 Å². The van der Waals surface area contributed by atoms with Crippen LogP contribution in [0.25, 0.3) is 27.5 Å². The Morgan fingerprint density at radius 2 is 1.81 bits per heavy atom. The lowest BCUT2D eigenvalue weighted by atomic mass is 10.1. The monoisotopic (exact) mass is 515 g/mol. The number of hydrogen-bond donors (Lipinski definition) is 0. The Labute approximate surface area is 218 Å². The fraction of sp³-hybridized carbons (Fsp3) is 0.259. The Morgan fingerprint density at radius 1 is 0.973 bits per heavy atom. The molecular weight excluding hydrogens is 490 g/mol. The molecule has 1 fully saturated rings. The van der Waals surface area contributed by atoms with Crippen molar-refractivity contribution in [2.45, 2.75) is 13.0 Å². The number of fused-ring (bicyclic) bond motifs is 2. The zero-order chi connectivity index (χ0) is 25.5. The van der Waals surface area contributed by atoms with Gasteiger partial charge < -0.3 is 14.5 Å². The number of halogens is 1. The van der Waals surface area contributed by atoms with Crippen LogP contribution in [0.2, 0.25) is 5.15 Å². The highest BCUT2D eigenvalue weighted by molar-refractivity contribution is 6.29. The summed E-state index contributed by atoms with van der Waals surface area (Å²) in [6, 6.07) is 13.7. The van der Waals surface area contributed by atoms with Crippen LogP contribution in [-0.2, 0) is 11.8 Å². The summed E-state index contributed by atoms with van der Waals surface area (Å²) in [5.74, 6) is 0. The molecular formula is C27H26ClN7O2. The number of rotatable bonds is 4. The lowest BCUT2D eigenvalue weighted by Crippen LogP contribution is -2.49. The summed E-state index contributed by atoms with van der Waals surface area (Å²) in [5.41, 5.74) is 5.93. The zero-order valence-corrected chi connectivity index (χ0v) is 21.3. The minimum absolute atomic E-state index is 0.303. The number of aromatic nitrogens is 5. The summed E-state index contributed by atoms with van der Waals surface area (Å²) in [6.07, 6.45) is 7.06. The Balaban J connectivity index is 1.09. The van der Waals surface area contributed by atoms with Gasteiger partial charge in [-0.3, -0.25) is 4.68 Å². The molecule has 5 heterocycles. The Hall–Kier alpha value is -4.11. The summed E-state index contributed by atoms with van der Waals surface area (Å²) < 4.78 is 9.48. The molecule has 1 aliphatic rings. The van der Waals surface area contributed by atoms with Gasteiger partial charge in [0.1, 0.15) is 11.3 Å². The number of carbonyl (C=O) groups excluding carboxylic acids is 1. The van der Waals surface area contributed by atoms with Gasteiger partial charge >= 0.3 is 6.09 Å². The third-order valence-electron chi connectivity index (χ3n) is 6.84. The van der Waals surface area contributed by atoms with E-state index in [4.69, 9.17) is 16.3 Å². The quantitative estimate of drug-likeness (QED) is 0.315. The number of carbonyl (C=O) groups is 1. The van der Waals surface area contributed by atoms with Crippen molar-refractivity contribution < 1.29 is 9.53 Å². The van der Waals surface area contributed by atoms with Crippen LogP contribution in [0.1, 0.15) is 18.6 Å². The molecule has 5 aromatic rings. The first-order chi connectivity index (χ1) is 17.9. The molecule has 4 aromatic heterocycles. The van der Waals surface area contributed by atoms with Gasteiger partial charge in [-0.05, 0) is 42.8 Å². The SMILES string of the molecule is CC(OC(=O)N1CCN(c2cnn3cc(-c4cnn(C)c4)ccc23)CC1)c1ccc2nc(Cl)ccc2c1. The maximum absolute atomic E-state index is 12.9. The molecule has 0 spiro atoms. The number of hydrogen-bond acceptors (Lipinski definition) is 6. The maximum Gasteiger partial charge on any atom is 0.410 e. The molecule has 6 rings (SSSR count). The van der Waals surface area contributed by atoms with Gasteiger partial charge in [-0.1, -0.05) is 23.7 Å². The fourth-order valence-corrected chi connectivity index (χ4v) is 4.91. The molecule has 188 valence electrons. The number of piperazine rings is 1. The normalized spacial score (nSPS) is 14.9. The van der Waals surface area contributed by atoms with E-state index < -0.39 is 0 Å². The summed E-state index contributed by atoms with van der Waals surface area (Å²) in [7, 11) is 1.90. The van der Waals surface area contributed by atoms with Gasteiger partial charge in [-0.15, -0.1) is 0 Å². The van der Waals surface area contributed by atoms with E-state index in [-0.39, 0.29) is 12.2 Å². The van der Waals surface area contributed by atoms with Crippen LogP contribution in [0.15, 0.2) is 67.3 Å². The molecule has 37 heavy (non-hydrogen) atoms. The summed E-state index contributed by atoms with van der Waals surface area (Å²) >= 11 is 5.98. The van der Waals surface area contributed by atoms with Crippen molar-refractivity contribution >= 4 is 39.8 Å². The van der Waals surface area contributed by atoms with Crippen LogP contribution in [0.3, 0.4) is 0 Å². The van der Waals surface area contributed by atoms with E-state index >= 15 is 0 Å². The molecule has 1 aliphatic heterocycles. The third kappa shape index (κ3) is 4.58. The number of anilines is 1. The van der Waals surface area contributed by atoms with Crippen molar-refractivity contribution in [1.29, 1.82) is 0 Å². The van der Waals surface area contributed by atoms with E-state index in [2.05, 4.69) is 32.2 Å². The molecule has 0 saturated carbocycles. The van der Waals surface area contributed by atoms with Gasteiger partial charge in [0.25, 0.3) is 0 Å². The van der Waals surface area contributed by atoms with Gasteiger partial charge in [0.15, 0.2) is 0 Å². The summed E-state index contributed by atoms with van der Waals surface area (Å²) in [4.78, 5) is 21.2. The van der Waals surface area contributed by atoms with Crippen LogP contribution in [-0.4, -0.2) is 61.6 Å². The maximum atomic E-state index is 12.9. The fourth-order valence-electron chi connectivity index (χ4n) is 4.75. The van der Waals surface area contributed by atoms with Crippen molar-refractivity contribution in [2.75, 3.05) is 31.1 Å². The van der Waals surface area contributed by atoms with Crippen molar-refractivity contribution in [3.63, 3.8) is 0 Å². The molecule has 1 amide bonds. The van der Waals surface area contributed by atoms with Crippen molar-refractivity contribution in [1.82, 2.24) is 29.3 Å². The Bertz CT molecular complexity index is 1600. The molecule has 1 unspecified atom stereocenters. The van der Waals surface area contributed by atoms with E-state index in [1.54, 1.807) is 15.6 Å². The lowest BCUT2D eigenvalue weighted by molar-refractivity contribution is 0.0681. The molecule has 9 nitrogen and oxygen atoms in total. The van der Waals surface area contributed by atoms with Crippen LogP contribution >= 0.6 is 11.6 Å². The van der Waals surface area contributed by atoms with E-state index in [1.165, 1.54) is 0 Å². The first kappa shape index (κ1) is 23.3. The van der Waals surface area contributed by atoms with Crippen LogP contribution < -0.4 is 4.90 Å². The average molecular weight is 516 g/mol. The highest BCUT2D eigenvalue weighted by Gasteiger charge is 2.25. The molecule has 1 saturated heterocycles. The van der Waals surface area contributed by atoms with Crippen LogP contribution in [0, 0.1) is 0 Å². The number of pyridine rings is 2. The van der Waals surface area contributed by atoms with Crippen molar-refractivity contribution in [3.05, 3.63) is 78.0 Å². The first-order valence-corrected chi connectivity index (χ1v) is 12.6. The Kier molecular flexibility index (Phi) is 5.92. The van der Waals surface area contributed by atoms with E-state index in [0.29, 0.717) is 31.3 Å². The van der Waals surface area contributed by atoms with E-state index in [9.17, 15) is 4.79 Å². The number of benzene rings is 1.